The van der Waals surface area contributed by atoms with E-state index in [1.54, 1.807) is 23.1 Å². The maximum absolute atomic E-state index is 12.3. The smallest absolute Gasteiger partial charge is 0.251 e. The third kappa shape index (κ3) is 4.37. The van der Waals surface area contributed by atoms with Gasteiger partial charge in [-0.25, -0.2) is 19.6 Å². The molecule has 3 heterocycles. The lowest BCUT2D eigenvalue weighted by molar-refractivity contribution is -0.125. The van der Waals surface area contributed by atoms with Crippen molar-refractivity contribution in [2.75, 3.05) is 31.1 Å². The monoisotopic (exact) mass is 392 g/mol. The number of rotatable bonds is 7. The van der Waals surface area contributed by atoms with Crippen molar-refractivity contribution in [3.8, 4) is 5.82 Å². The number of carbonyl (C=O) groups is 2. The van der Waals surface area contributed by atoms with Crippen molar-refractivity contribution in [3.05, 3.63) is 60.9 Å². The molecule has 2 N–H and O–H groups in total. The summed E-state index contributed by atoms with van der Waals surface area (Å²) in [6.07, 6.45) is 4.47. The Hall–Kier alpha value is -3.82. The van der Waals surface area contributed by atoms with Crippen molar-refractivity contribution >= 4 is 17.6 Å². The van der Waals surface area contributed by atoms with Crippen molar-refractivity contribution < 1.29 is 9.59 Å². The van der Waals surface area contributed by atoms with E-state index in [-0.39, 0.29) is 17.7 Å². The number of hydrogen-bond donors (Lipinski definition) is 2. The van der Waals surface area contributed by atoms with Gasteiger partial charge in [0.05, 0.1) is 5.92 Å². The first kappa shape index (κ1) is 18.5. The van der Waals surface area contributed by atoms with E-state index in [4.69, 9.17) is 0 Å². The van der Waals surface area contributed by atoms with Gasteiger partial charge in [-0.1, -0.05) is 18.2 Å². The Bertz CT molecular complexity index is 971. The van der Waals surface area contributed by atoms with Crippen LogP contribution < -0.4 is 15.5 Å². The summed E-state index contributed by atoms with van der Waals surface area (Å²) in [6.45, 7) is 1.92. The molecule has 0 radical (unpaired) electrons. The maximum atomic E-state index is 12.3. The molecule has 1 aliphatic rings. The number of benzene rings is 1. The van der Waals surface area contributed by atoms with Crippen LogP contribution in [0.5, 0.6) is 0 Å². The summed E-state index contributed by atoms with van der Waals surface area (Å²) in [5, 5.41) is 9.70. The Morgan fingerprint density at radius 2 is 1.76 bits per heavy atom. The first-order valence-corrected chi connectivity index (χ1v) is 9.23. The van der Waals surface area contributed by atoms with Gasteiger partial charge in [-0.15, -0.1) is 0 Å². The molecule has 10 nitrogen and oxygen atoms in total. The minimum atomic E-state index is -0.151. The number of carbonyl (C=O) groups excluding carboxylic acids is 2. The Kier molecular flexibility index (Phi) is 5.41. The van der Waals surface area contributed by atoms with Crippen LogP contribution >= 0.6 is 0 Å². The van der Waals surface area contributed by atoms with Crippen LogP contribution in [0.1, 0.15) is 10.4 Å². The number of aromatic nitrogens is 5. The van der Waals surface area contributed by atoms with Crippen molar-refractivity contribution in [3.63, 3.8) is 0 Å². The molecule has 0 atom stereocenters. The fraction of sp³-hybridized carbons (Fsp3) is 0.263. The van der Waals surface area contributed by atoms with E-state index in [0.717, 1.165) is 5.82 Å². The third-order valence-corrected chi connectivity index (χ3v) is 4.61. The van der Waals surface area contributed by atoms with Crippen LogP contribution in [-0.2, 0) is 4.79 Å². The molecule has 0 unspecified atom stereocenters. The van der Waals surface area contributed by atoms with E-state index >= 15 is 0 Å². The van der Waals surface area contributed by atoms with Crippen LogP contribution in [0.2, 0.25) is 0 Å². The van der Waals surface area contributed by atoms with E-state index in [9.17, 15) is 9.59 Å². The third-order valence-electron chi connectivity index (χ3n) is 4.61. The molecule has 0 aliphatic carbocycles. The standard InChI is InChI=1S/C19H20N8O2/c28-18(14-4-2-1-3-5-14)21-6-7-22-19(29)15-9-26(10-15)16-8-17(24-12-23-16)27-13-20-11-25-27/h1-5,8,11-13,15H,6-7,9-10H2,(H,21,28)(H,22,29). The summed E-state index contributed by atoms with van der Waals surface area (Å²) < 4.78 is 1.55. The van der Waals surface area contributed by atoms with E-state index in [1.165, 1.54) is 12.7 Å². The minimum Gasteiger partial charge on any atom is -0.355 e. The van der Waals surface area contributed by atoms with Gasteiger partial charge in [0.25, 0.3) is 5.91 Å². The van der Waals surface area contributed by atoms with Gasteiger partial charge in [0.15, 0.2) is 5.82 Å². The quantitative estimate of drug-likeness (QED) is 0.545. The molecule has 2 amide bonds. The van der Waals surface area contributed by atoms with Crippen LogP contribution in [0.15, 0.2) is 55.4 Å². The Morgan fingerprint density at radius 3 is 2.52 bits per heavy atom. The van der Waals surface area contributed by atoms with E-state index < -0.39 is 0 Å². The van der Waals surface area contributed by atoms with Gasteiger partial charge in [-0.2, -0.15) is 5.10 Å². The topological polar surface area (TPSA) is 118 Å². The lowest BCUT2D eigenvalue weighted by Crippen LogP contribution is -2.54. The molecule has 1 aliphatic heterocycles. The summed E-state index contributed by atoms with van der Waals surface area (Å²) in [4.78, 5) is 38.6. The van der Waals surface area contributed by atoms with Gasteiger partial charge in [-0.05, 0) is 12.1 Å². The molecule has 1 fully saturated rings. The SMILES string of the molecule is O=C(NCCNC(=O)C1CN(c2cc(-n3cncn3)ncn2)C1)c1ccccc1. The molecular weight excluding hydrogens is 372 g/mol. The molecule has 0 bridgehead atoms. The molecule has 0 saturated carbocycles. The number of nitrogens with zero attached hydrogens (tertiary/aromatic N) is 6. The van der Waals surface area contributed by atoms with Crippen molar-refractivity contribution in [1.29, 1.82) is 0 Å². The largest absolute Gasteiger partial charge is 0.355 e. The second kappa shape index (κ2) is 8.46. The number of nitrogens with one attached hydrogen (secondary N) is 2. The lowest BCUT2D eigenvalue weighted by Gasteiger charge is -2.39. The summed E-state index contributed by atoms with van der Waals surface area (Å²) in [5.74, 6) is 1.08. The number of hydrogen-bond acceptors (Lipinski definition) is 7. The molecule has 4 rings (SSSR count). The van der Waals surface area contributed by atoms with Crippen LogP contribution in [0, 0.1) is 5.92 Å². The van der Waals surface area contributed by atoms with Crippen LogP contribution in [0.3, 0.4) is 0 Å². The van der Waals surface area contributed by atoms with Crippen molar-refractivity contribution in [1.82, 2.24) is 35.4 Å². The van der Waals surface area contributed by atoms with E-state index in [0.29, 0.717) is 37.6 Å². The van der Waals surface area contributed by atoms with Gasteiger partial charge < -0.3 is 15.5 Å². The molecule has 1 aromatic carbocycles. The van der Waals surface area contributed by atoms with Crippen LogP contribution in [-0.4, -0.2) is 62.7 Å². The zero-order valence-electron chi connectivity index (χ0n) is 15.6. The molecule has 29 heavy (non-hydrogen) atoms. The van der Waals surface area contributed by atoms with Crippen LogP contribution in [0.4, 0.5) is 5.82 Å². The first-order valence-electron chi connectivity index (χ1n) is 9.23. The highest BCUT2D eigenvalue weighted by Crippen LogP contribution is 2.23. The molecule has 10 heteroatoms. The van der Waals surface area contributed by atoms with Crippen molar-refractivity contribution in [2.45, 2.75) is 0 Å². The summed E-state index contributed by atoms with van der Waals surface area (Å²) in [6, 6.07) is 10.8. The number of anilines is 1. The Labute approximate surface area is 167 Å². The highest BCUT2D eigenvalue weighted by Gasteiger charge is 2.33. The van der Waals surface area contributed by atoms with Gasteiger partial charge in [0, 0.05) is 37.8 Å². The van der Waals surface area contributed by atoms with Crippen LogP contribution in [0.25, 0.3) is 5.82 Å². The Balaban J connectivity index is 1.20. The van der Waals surface area contributed by atoms with Crippen molar-refractivity contribution in [2.24, 2.45) is 5.92 Å². The molecule has 148 valence electrons. The molecule has 3 aromatic rings. The van der Waals surface area contributed by atoms with Gasteiger partial charge in [0.2, 0.25) is 5.91 Å². The normalized spacial score (nSPS) is 13.6. The molecule has 1 saturated heterocycles. The molecule has 2 aromatic heterocycles. The zero-order chi connectivity index (χ0) is 20.1. The first-order chi connectivity index (χ1) is 14.2. The predicted molar refractivity (Wildman–Crippen MR) is 104 cm³/mol. The molecular formula is C19H20N8O2. The average molecular weight is 392 g/mol. The number of amides is 2. The summed E-state index contributed by atoms with van der Waals surface area (Å²) in [5.41, 5.74) is 0.601. The summed E-state index contributed by atoms with van der Waals surface area (Å²) in [7, 11) is 0. The second-order valence-corrected chi connectivity index (χ2v) is 6.59. The maximum Gasteiger partial charge on any atom is 0.251 e. The fourth-order valence-corrected chi connectivity index (χ4v) is 2.99. The Morgan fingerprint density at radius 1 is 1.00 bits per heavy atom. The second-order valence-electron chi connectivity index (χ2n) is 6.59. The highest BCUT2D eigenvalue weighted by atomic mass is 16.2. The average Bonchev–Trinajstić information content (AvgIpc) is 3.26. The van der Waals surface area contributed by atoms with E-state index in [2.05, 4.69) is 30.7 Å². The highest BCUT2D eigenvalue weighted by molar-refractivity contribution is 5.94. The van der Waals surface area contributed by atoms with Gasteiger partial charge >= 0.3 is 0 Å². The fourth-order valence-electron chi connectivity index (χ4n) is 2.99. The molecule has 0 spiro atoms. The zero-order valence-corrected chi connectivity index (χ0v) is 15.6. The predicted octanol–water partition coefficient (Wildman–Crippen LogP) is 0.0397. The minimum absolute atomic E-state index is 0.0271. The summed E-state index contributed by atoms with van der Waals surface area (Å²) >= 11 is 0. The van der Waals surface area contributed by atoms with Gasteiger partial charge in [-0.3, -0.25) is 9.59 Å². The van der Waals surface area contributed by atoms with Gasteiger partial charge in [0.1, 0.15) is 24.8 Å². The van der Waals surface area contributed by atoms with E-state index in [1.807, 2.05) is 29.2 Å². The lowest BCUT2D eigenvalue weighted by atomic mass is 9.99.